The van der Waals surface area contributed by atoms with Crippen LogP contribution in [0, 0.1) is 0 Å². The smallest absolute Gasteiger partial charge is 0.267 e. The van der Waals surface area contributed by atoms with E-state index in [0.717, 1.165) is 11.8 Å². The normalized spacial score (nSPS) is 20.1. The molecule has 1 saturated carbocycles. The van der Waals surface area contributed by atoms with Crippen LogP contribution in [0.2, 0.25) is 0 Å². The van der Waals surface area contributed by atoms with Gasteiger partial charge in [-0.15, -0.1) is 0 Å². The molecule has 0 amide bonds. The van der Waals surface area contributed by atoms with Crippen LogP contribution in [0.15, 0.2) is 63.3 Å². The molecule has 28 heavy (non-hydrogen) atoms. The van der Waals surface area contributed by atoms with E-state index in [9.17, 15) is 13.2 Å². The number of hydrogen-bond acceptors (Lipinski definition) is 7. The van der Waals surface area contributed by atoms with Gasteiger partial charge in [-0.25, -0.2) is 17.8 Å². The Morgan fingerprint density at radius 3 is 2.61 bits per heavy atom. The number of pyridine rings is 1. The van der Waals surface area contributed by atoms with Crippen LogP contribution in [-0.4, -0.2) is 34.4 Å². The maximum atomic E-state index is 12.3. The van der Waals surface area contributed by atoms with Gasteiger partial charge in [0.1, 0.15) is 11.2 Å². The van der Waals surface area contributed by atoms with Crippen LogP contribution in [0.25, 0.3) is 11.3 Å². The minimum absolute atomic E-state index is 0.0108. The first-order valence-corrected chi connectivity index (χ1v) is 10.4. The van der Waals surface area contributed by atoms with E-state index in [1.165, 1.54) is 16.9 Å². The second-order valence-electron chi connectivity index (χ2n) is 6.73. The molecule has 0 saturated heterocycles. The Kier molecular flexibility index (Phi) is 5.05. The average molecular weight is 401 g/mol. The molecule has 1 fully saturated rings. The third-order valence-electron chi connectivity index (χ3n) is 4.87. The molecule has 0 aromatic carbocycles. The highest BCUT2D eigenvalue weighted by Gasteiger charge is 2.28. The van der Waals surface area contributed by atoms with Crippen LogP contribution < -0.4 is 10.3 Å². The standard InChI is InChI=1S/C18H19N5O4S/c24-18-8-7-17(13-2-1-9-19-10-13)21-23(18)15-5-3-14(4-6-15)22-28(25,26)16-11-20-27-12-16/h1-2,7-12,14-15,22H,3-6H2. The second-order valence-corrected chi connectivity index (χ2v) is 8.44. The van der Waals surface area contributed by atoms with Crippen molar-refractivity contribution in [3.8, 4) is 11.3 Å². The van der Waals surface area contributed by atoms with Crippen molar-refractivity contribution in [3.05, 3.63) is 59.5 Å². The van der Waals surface area contributed by atoms with Crippen molar-refractivity contribution in [2.45, 2.75) is 42.7 Å². The van der Waals surface area contributed by atoms with E-state index >= 15 is 0 Å². The van der Waals surface area contributed by atoms with Crippen molar-refractivity contribution in [1.29, 1.82) is 0 Å². The number of sulfonamides is 1. The van der Waals surface area contributed by atoms with Crippen molar-refractivity contribution in [3.63, 3.8) is 0 Å². The summed E-state index contributed by atoms with van der Waals surface area (Å²) < 4.78 is 33.4. The molecule has 0 atom stereocenters. The summed E-state index contributed by atoms with van der Waals surface area (Å²) in [5.41, 5.74) is 1.36. The Morgan fingerprint density at radius 1 is 1.11 bits per heavy atom. The predicted octanol–water partition coefficient (Wildman–Crippen LogP) is 1.76. The van der Waals surface area contributed by atoms with Crippen molar-refractivity contribution < 1.29 is 12.9 Å². The quantitative estimate of drug-likeness (QED) is 0.691. The summed E-state index contributed by atoms with van der Waals surface area (Å²) in [6, 6.07) is 6.64. The maximum absolute atomic E-state index is 12.3. The summed E-state index contributed by atoms with van der Waals surface area (Å²) in [4.78, 5) is 16.4. The molecule has 4 rings (SSSR count). The van der Waals surface area contributed by atoms with Gasteiger partial charge in [0.05, 0.1) is 17.9 Å². The van der Waals surface area contributed by atoms with Crippen LogP contribution in [-0.2, 0) is 10.0 Å². The van der Waals surface area contributed by atoms with E-state index in [0.29, 0.717) is 31.4 Å². The van der Waals surface area contributed by atoms with Gasteiger partial charge in [0.15, 0.2) is 0 Å². The zero-order chi connectivity index (χ0) is 19.6. The molecular weight excluding hydrogens is 382 g/mol. The van der Waals surface area contributed by atoms with Crippen molar-refractivity contribution in [1.82, 2.24) is 24.6 Å². The molecule has 9 nitrogen and oxygen atoms in total. The monoisotopic (exact) mass is 401 g/mol. The lowest BCUT2D eigenvalue weighted by Crippen LogP contribution is -2.39. The van der Waals surface area contributed by atoms with Gasteiger partial charge in [0.25, 0.3) is 5.56 Å². The molecule has 1 aliphatic carbocycles. The summed E-state index contributed by atoms with van der Waals surface area (Å²) in [6.07, 6.45) is 8.18. The lowest BCUT2D eigenvalue weighted by molar-refractivity contribution is 0.286. The second kappa shape index (κ2) is 7.64. The number of rotatable bonds is 5. The Labute approximate surface area is 161 Å². The van der Waals surface area contributed by atoms with Crippen LogP contribution in [0.4, 0.5) is 0 Å². The van der Waals surface area contributed by atoms with Gasteiger partial charge < -0.3 is 4.52 Å². The molecule has 0 aliphatic heterocycles. The van der Waals surface area contributed by atoms with Gasteiger partial charge in [-0.3, -0.25) is 9.78 Å². The number of nitrogens with zero attached hydrogens (tertiary/aromatic N) is 4. The molecule has 10 heteroatoms. The molecule has 0 unspecified atom stereocenters. The zero-order valence-electron chi connectivity index (χ0n) is 14.9. The van der Waals surface area contributed by atoms with Gasteiger partial charge in [0, 0.05) is 30.1 Å². The average Bonchev–Trinajstić information content (AvgIpc) is 3.26. The Bertz CT molecular complexity index is 1090. The minimum atomic E-state index is -3.65. The number of hydrogen-bond donors (Lipinski definition) is 1. The first-order chi connectivity index (χ1) is 13.5. The van der Waals surface area contributed by atoms with E-state index in [4.69, 9.17) is 0 Å². The molecule has 146 valence electrons. The van der Waals surface area contributed by atoms with E-state index in [-0.39, 0.29) is 22.5 Å². The summed E-state index contributed by atoms with van der Waals surface area (Å²) >= 11 is 0. The first-order valence-electron chi connectivity index (χ1n) is 8.95. The molecule has 0 bridgehead atoms. The molecule has 3 heterocycles. The zero-order valence-corrected chi connectivity index (χ0v) is 15.7. The lowest BCUT2D eigenvalue weighted by Gasteiger charge is -2.29. The highest BCUT2D eigenvalue weighted by atomic mass is 32.2. The molecule has 3 aromatic rings. The predicted molar refractivity (Wildman–Crippen MR) is 99.8 cm³/mol. The molecule has 1 N–H and O–H groups in total. The molecule has 0 spiro atoms. The van der Waals surface area contributed by atoms with Gasteiger partial charge in [-0.2, -0.15) is 5.10 Å². The van der Waals surface area contributed by atoms with Crippen LogP contribution >= 0.6 is 0 Å². The lowest BCUT2D eigenvalue weighted by atomic mass is 9.92. The van der Waals surface area contributed by atoms with Crippen LogP contribution in [0.1, 0.15) is 31.7 Å². The Morgan fingerprint density at radius 2 is 1.93 bits per heavy atom. The third kappa shape index (κ3) is 3.87. The number of nitrogens with one attached hydrogen (secondary N) is 1. The number of aromatic nitrogens is 4. The molecule has 0 radical (unpaired) electrons. The molecule has 1 aliphatic rings. The largest absolute Gasteiger partial charge is 0.363 e. The van der Waals surface area contributed by atoms with Crippen LogP contribution in [0.3, 0.4) is 0 Å². The third-order valence-corrected chi connectivity index (χ3v) is 6.33. The summed E-state index contributed by atoms with van der Waals surface area (Å²) in [6.45, 7) is 0. The minimum Gasteiger partial charge on any atom is -0.363 e. The summed E-state index contributed by atoms with van der Waals surface area (Å²) in [7, 11) is -3.65. The fourth-order valence-electron chi connectivity index (χ4n) is 3.41. The molecular formula is C18H19N5O4S. The van der Waals surface area contributed by atoms with Gasteiger partial charge in [-0.1, -0.05) is 5.16 Å². The SMILES string of the molecule is O=c1ccc(-c2cccnc2)nn1C1CCC(NS(=O)(=O)c2cnoc2)CC1. The van der Waals surface area contributed by atoms with Crippen molar-refractivity contribution >= 4 is 10.0 Å². The molecule has 3 aromatic heterocycles. The first kappa shape index (κ1) is 18.5. The maximum Gasteiger partial charge on any atom is 0.267 e. The summed E-state index contributed by atoms with van der Waals surface area (Å²) in [5.74, 6) is 0. The van der Waals surface area contributed by atoms with Crippen LogP contribution in [0.5, 0.6) is 0 Å². The van der Waals surface area contributed by atoms with Gasteiger partial charge in [0.2, 0.25) is 10.0 Å². The Balaban J connectivity index is 1.46. The van der Waals surface area contributed by atoms with E-state index in [1.54, 1.807) is 18.5 Å². The highest BCUT2D eigenvalue weighted by Crippen LogP contribution is 2.28. The van der Waals surface area contributed by atoms with E-state index in [2.05, 4.69) is 24.5 Å². The fourth-order valence-corrected chi connectivity index (χ4v) is 4.57. The van der Waals surface area contributed by atoms with Crippen molar-refractivity contribution in [2.24, 2.45) is 0 Å². The van der Waals surface area contributed by atoms with E-state index < -0.39 is 10.0 Å². The van der Waals surface area contributed by atoms with E-state index in [1.807, 2.05) is 12.1 Å². The fraction of sp³-hybridized carbons (Fsp3) is 0.333. The van der Waals surface area contributed by atoms with Gasteiger partial charge >= 0.3 is 0 Å². The topological polar surface area (TPSA) is 120 Å². The summed E-state index contributed by atoms with van der Waals surface area (Å²) in [5, 5.41) is 7.94. The van der Waals surface area contributed by atoms with Crippen molar-refractivity contribution in [2.75, 3.05) is 0 Å². The highest BCUT2D eigenvalue weighted by molar-refractivity contribution is 7.89. The Hall–Kier alpha value is -2.85. The van der Waals surface area contributed by atoms with Gasteiger partial charge in [-0.05, 0) is 43.9 Å².